The van der Waals surface area contributed by atoms with E-state index < -0.39 is 23.7 Å². The van der Waals surface area contributed by atoms with E-state index in [1.807, 2.05) is 0 Å². The van der Waals surface area contributed by atoms with Crippen LogP contribution in [-0.2, 0) is 6.18 Å². The van der Waals surface area contributed by atoms with Crippen LogP contribution < -0.4 is 11.1 Å². The number of rotatable bonds is 3. The topological polar surface area (TPSA) is 68.0 Å². The molecule has 1 amide bonds. The second-order valence-corrected chi connectivity index (χ2v) is 4.00. The molecule has 1 aromatic rings. The summed E-state index contributed by atoms with van der Waals surface area (Å²) in [5.41, 5.74) is 4.24. The van der Waals surface area contributed by atoms with Crippen molar-refractivity contribution in [3.05, 3.63) is 29.6 Å². The summed E-state index contributed by atoms with van der Waals surface area (Å²) in [4.78, 5) is 15.1. The maximum atomic E-state index is 12.3. The van der Waals surface area contributed by atoms with Crippen molar-refractivity contribution >= 4 is 23.1 Å². The maximum Gasteiger partial charge on any atom is 0.417 e. The number of hydrogen-bond donors (Lipinski definition) is 2. The summed E-state index contributed by atoms with van der Waals surface area (Å²) in [6.07, 6.45) is -3.88. The highest BCUT2D eigenvalue weighted by Crippen LogP contribution is 2.28. The molecule has 4 nitrogen and oxygen atoms in total. The van der Waals surface area contributed by atoms with Crippen molar-refractivity contribution < 1.29 is 18.0 Å². The Kier molecular flexibility index (Phi) is 4.23. The van der Waals surface area contributed by atoms with E-state index >= 15 is 0 Å². The Balaban J connectivity index is 2.80. The zero-order valence-electron chi connectivity index (χ0n) is 9.28. The number of carbonyl (C=O) groups is 1. The molecule has 0 saturated heterocycles. The normalized spacial score (nSPS) is 12.9. The van der Waals surface area contributed by atoms with Gasteiger partial charge in [0.15, 0.2) is 0 Å². The van der Waals surface area contributed by atoms with Crippen LogP contribution >= 0.6 is 12.2 Å². The molecule has 1 rings (SSSR count). The van der Waals surface area contributed by atoms with Crippen LogP contribution in [0.2, 0.25) is 0 Å². The monoisotopic (exact) mass is 277 g/mol. The van der Waals surface area contributed by atoms with Crippen LogP contribution in [0.15, 0.2) is 18.3 Å². The zero-order valence-corrected chi connectivity index (χ0v) is 10.1. The Morgan fingerprint density at radius 1 is 1.50 bits per heavy atom. The van der Waals surface area contributed by atoms with E-state index in [0.29, 0.717) is 6.20 Å². The predicted octanol–water partition coefficient (Wildman–Crippen LogP) is 1.50. The van der Waals surface area contributed by atoms with Crippen molar-refractivity contribution in [1.29, 1.82) is 0 Å². The van der Waals surface area contributed by atoms with Gasteiger partial charge in [-0.1, -0.05) is 12.2 Å². The van der Waals surface area contributed by atoms with Gasteiger partial charge in [0.05, 0.1) is 16.6 Å². The van der Waals surface area contributed by atoms with Gasteiger partial charge < -0.3 is 11.1 Å². The van der Waals surface area contributed by atoms with Gasteiger partial charge in [-0.2, -0.15) is 13.2 Å². The van der Waals surface area contributed by atoms with Gasteiger partial charge in [-0.05, 0) is 19.1 Å². The van der Waals surface area contributed by atoms with Crippen molar-refractivity contribution in [2.75, 3.05) is 0 Å². The van der Waals surface area contributed by atoms with Gasteiger partial charge in [-0.15, -0.1) is 0 Å². The molecule has 0 fully saturated rings. The molecule has 1 aromatic heterocycles. The molecule has 0 aliphatic carbocycles. The number of hydrogen-bond acceptors (Lipinski definition) is 3. The van der Waals surface area contributed by atoms with E-state index in [1.165, 1.54) is 0 Å². The predicted molar refractivity (Wildman–Crippen MR) is 63.0 cm³/mol. The zero-order chi connectivity index (χ0) is 13.9. The average Bonchev–Trinajstić information content (AvgIpc) is 2.27. The fourth-order valence-corrected chi connectivity index (χ4v) is 1.10. The minimum atomic E-state index is -4.48. The summed E-state index contributed by atoms with van der Waals surface area (Å²) in [6.45, 7) is 1.56. The average molecular weight is 277 g/mol. The third-order valence-corrected chi connectivity index (χ3v) is 2.45. The highest BCUT2D eigenvalue weighted by molar-refractivity contribution is 7.80. The Morgan fingerprint density at radius 2 is 2.11 bits per heavy atom. The molecule has 0 radical (unpaired) electrons. The summed E-state index contributed by atoms with van der Waals surface area (Å²) >= 11 is 4.65. The molecule has 0 aliphatic rings. The third-order valence-electron chi connectivity index (χ3n) is 2.10. The molecule has 0 bridgehead atoms. The number of thiocarbonyl (C=S) groups is 1. The number of alkyl halides is 3. The second kappa shape index (κ2) is 5.30. The standard InChI is InChI=1S/C10H10F3N3OS/c1-5(8(14)18)16-9(17)7-3-2-6(4-15-7)10(11,12)13/h2-5H,1H3,(H2,14,18)(H,16,17). The van der Waals surface area contributed by atoms with Crippen LogP contribution in [0.4, 0.5) is 13.2 Å². The first-order valence-electron chi connectivity index (χ1n) is 4.85. The van der Waals surface area contributed by atoms with E-state index in [1.54, 1.807) is 6.92 Å². The van der Waals surface area contributed by atoms with Crippen molar-refractivity contribution in [2.45, 2.75) is 19.1 Å². The summed E-state index contributed by atoms with van der Waals surface area (Å²) in [5.74, 6) is -0.635. The molecule has 8 heteroatoms. The fraction of sp³-hybridized carbons (Fsp3) is 0.300. The lowest BCUT2D eigenvalue weighted by Crippen LogP contribution is -2.41. The Morgan fingerprint density at radius 3 is 2.50 bits per heavy atom. The number of pyridine rings is 1. The van der Waals surface area contributed by atoms with Crippen LogP contribution in [0, 0.1) is 0 Å². The van der Waals surface area contributed by atoms with Gasteiger partial charge in [0.1, 0.15) is 5.69 Å². The quantitative estimate of drug-likeness (QED) is 0.822. The van der Waals surface area contributed by atoms with Crippen molar-refractivity contribution in [2.24, 2.45) is 5.73 Å². The van der Waals surface area contributed by atoms with Crippen LogP contribution in [0.1, 0.15) is 23.0 Å². The summed E-state index contributed by atoms with van der Waals surface area (Å²) in [7, 11) is 0. The first-order valence-corrected chi connectivity index (χ1v) is 5.26. The molecule has 3 N–H and O–H groups in total. The molecule has 0 spiro atoms. The van der Waals surface area contributed by atoms with Gasteiger partial charge in [-0.3, -0.25) is 9.78 Å². The molecule has 1 unspecified atom stereocenters. The number of aromatic nitrogens is 1. The van der Waals surface area contributed by atoms with Crippen molar-refractivity contribution in [3.63, 3.8) is 0 Å². The number of carbonyl (C=O) groups excluding carboxylic acids is 1. The lowest BCUT2D eigenvalue weighted by molar-refractivity contribution is -0.137. The lowest BCUT2D eigenvalue weighted by atomic mass is 10.2. The van der Waals surface area contributed by atoms with Crippen molar-refractivity contribution in [1.82, 2.24) is 10.3 Å². The van der Waals surface area contributed by atoms with Crippen LogP contribution in [0.25, 0.3) is 0 Å². The first-order chi connectivity index (χ1) is 8.21. The second-order valence-electron chi connectivity index (χ2n) is 3.53. The molecule has 0 aromatic carbocycles. The van der Waals surface area contributed by atoms with Gasteiger partial charge in [0, 0.05) is 6.20 Å². The minimum Gasteiger partial charge on any atom is -0.392 e. The van der Waals surface area contributed by atoms with E-state index in [0.717, 1.165) is 12.1 Å². The minimum absolute atomic E-state index is 0.0789. The van der Waals surface area contributed by atoms with Crippen molar-refractivity contribution in [3.8, 4) is 0 Å². The lowest BCUT2D eigenvalue weighted by Gasteiger charge is -2.12. The third kappa shape index (κ3) is 3.66. The molecular weight excluding hydrogens is 267 g/mol. The highest BCUT2D eigenvalue weighted by atomic mass is 32.1. The Bertz CT molecular complexity index is 458. The SMILES string of the molecule is CC(NC(=O)c1ccc(C(F)(F)F)cn1)C(N)=S. The molecular formula is C10H10F3N3OS. The molecule has 0 saturated carbocycles. The van der Waals surface area contributed by atoms with Crippen LogP contribution in [-0.4, -0.2) is 21.9 Å². The smallest absolute Gasteiger partial charge is 0.392 e. The number of amides is 1. The first kappa shape index (κ1) is 14.4. The van der Waals surface area contributed by atoms with E-state index in [-0.39, 0.29) is 10.7 Å². The van der Waals surface area contributed by atoms with Gasteiger partial charge in [0.25, 0.3) is 5.91 Å². The highest BCUT2D eigenvalue weighted by Gasteiger charge is 2.30. The number of nitrogens with zero attached hydrogens (tertiary/aromatic N) is 1. The molecule has 18 heavy (non-hydrogen) atoms. The van der Waals surface area contributed by atoms with E-state index in [9.17, 15) is 18.0 Å². The number of nitrogens with one attached hydrogen (secondary N) is 1. The molecule has 1 heterocycles. The maximum absolute atomic E-state index is 12.3. The van der Waals surface area contributed by atoms with E-state index in [2.05, 4.69) is 22.5 Å². The summed E-state index contributed by atoms with van der Waals surface area (Å²) in [5, 5.41) is 2.40. The Labute approximate surface area is 106 Å². The van der Waals surface area contributed by atoms with Gasteiger partial charge in [-0.25, -0.2) is 0 Å². The van der Waals surface area contributed by atoms with Crippen LogP contribution in [0.5, 0.6) is 0 Å². The number of halogens is 3. The number of nitrogens with two attached hydrogens (primary N) is 1. The van der Waals surface area contributed by atoms with Crippen LogP contribution in [0.3, 0.4) is 0 Å². The van der Waals surface area contributed by atoms with E-state index in [4.69, 9.17) is 5.73 Å². The van der Waals surface area contributed by atoms with Gasteiger partial charge >= 0.3 is 6.18 Å². The molecule has 0 aliphatic heterocycles. The largest absolute Gasteiger partial charge is 0.417 e. The summed E-state index contributed by atoms with van der Waals surface area (Å²) in [6, 6.07) is 1.22. The molecule has 1 atom stereocenters. The Hall–Kier alpha value is -1.70. The van der Waals surface area contributed by atoms with Gasteiger partial charge in [0.2, 0.25) is 0 Å². The fourth-order valence-electron chi connectivity index (χ4n) is 1.04. The summed E-state index contributed by atoms with van der Waals surface area (Å²) < 4.78 is 36.8. The molecule has 98 valence electrons.